The number of nitrogens with zero attached hydrogens (tertiary/aromatic N) is 1. The molecule has 0 radical (unpaired) electrons. The zero-order valence-electron chi connectivity index (χ0n) is 16.8. The lowest BCUT2D eigenvalue weighted by molar-refractivity contribution is 0.102. The quantitative estimate of drug-likeness (QED) is 0.398. The molecule has 3 aromatic rings. The van der Waals surface area contributed by atoms with Crippen LogP contribution in [0.2, 0.25) is 10.0 Å². The summed E-state index contributed by atoms with van der Waals surface area (Å²) in [6.07, 6.45) is 1.93. The Bertz CT molecular complexity index is 1180. The van der Waals surface area contributed by atoms with Gasteiger partial charge in [0.1, 0.15) is 0 Å². The molecule has 0 unspecified atom stereocenters. The SMILES string of the molecule is CCN(c1ccc(C(=O)Nc2cc(Cl)ccc2Cl)cc1)S(=O)(=O)c1ccc(SC)cc1. The van der Waals surface area contributed by atoms with Crippen molar-refractivity contribution in [3.05, 3.63) is 82.3 Å². The van der Waals surface area contributed by atoms with Crippen LogP contribution in [0.3, 0.4) is 0 Å². The first-order chi connectivity index (χ1) is 14.8. The average Bonchev–Trinajstić information content (AvgIpc) is 2.77. The summed E-state index contributed by atoms with van der Waals surface area (Å²) in [5, 5.41) is 3.52. The molecule has 3 aromatic carbocycles. The van der Waals surface area contributed by atoms with Crippen molar-refractivity contribution < 1.29 is 13.2 Å². The fourth-order valence-electron chi connectivity index (χ4n) is 2.93. The Morgan fingerprint density at radius 3 is 2.23 bits per heavy atom. The van der Waals surface area contributed by atoms with E-state index in [-0.39, 0.29) is 17.3 Å². The fraction of sp³-hybridized carbons (Fsp3) is 0.136. The zero-order chi connectivity index (χ0) is 22.6. The van der Waals surface area contributed by atoms with Crippen molar-refractivity contribution >= 4 is 62.3 Å². The van der Waals surface area contributed by atoms with E-state index in [1.54, 1.807) is 85.4 Å². The molecule has 0 aliphatic rings. The average molecular weight is 495 g/mol. The van der Waals surface area contributed by atoms with Crippen LogP contribution in [0.4, 0.5) is 11.4 Å². The Labute approximate surface area is 196 Å². The Morgan fingerprint density at radius 2 is 1.65 bits per heavy atom. The number of halogens is 2. The van der Waals surface area contributed by atoms with Gasteiger partial charge in [0.05, 0.1) is 21.3 Å². The molecule has 9 heteroatoms. The summed E-state index contributed by atoms with van der Waals surface area (Å²) in [5.41, 5.74) is 1.22. The molecule has 0 aromatic heterocycles. The number of carbonyl (C=O) groups is 1. The van der Waals surface area contributed by atoms with E-state index in [2.05, 4.69) is 5.32 Å². The van der Waals surface area contributed by atoms with Gasteiger partial charge < -0.3 is 5.32 Å². The van der Waals surface area contributed by atoms with E-state index < -0.39 is 10.0 Å². The minimum Gasteiger partial charge on any atom is -0.321 e. The summed E-state index contributed by atoms with van der Waals surface area (Å²) in [6.45, 7) is 2.01. The molecule has 0 spiro atoms. The van der Waals surface area contributed by atoms with Crippen LogP contribution < -0.4 is 9.62 Å². The Kier molecular flexibility index (Phi) is 7.54. The van der Waals surface area contributed by atoms with Crippen LogP contribution >= 0.6 is 35.0 Å². The molecule has 5 nitrogen and oxygen atoms in total. The molecule has 0 saturated carbocycles. The van der Waals surface area contributed by atoms with Gasteiger partial charge in [-0.1, -0.05) is 23.2 Å². The Balaban J connectivity index is 1.82. The number of anilines is 2. The summed E-state index contributed by atoms with van der Waals surface area (Å²) in [5.74, 6) is -0.380. The first-order valence-electron chi connectivity index (χ1n) is 9.29. The highest BCUT2D eigenvalue weighted by Crippen LogP contribution is 2.28. The van der Waals surface area contributed by atoms with Crippen molar-refractivity contribution in [3.8, 4) is 0 Å². The smallest absolute Gasteiger partial charge is 0.264 e. The Morgan fingerprint density at radius 1 is 1.00 bits per heavy atom. The summed E-state index contributed by atoms with van der Waals surface area (Å²) in [4.78, 5) is 13.8. The number of hydrogen-bond acceptors (Lipinski definition) is 4. The normalized spacial score (nSPS) is 11.2. The lowest BCUT2D eigenvalue weighted by atomic mass is 10.2. The van der Waals surface area contributed by atoms with Crippen LogP contribution in [-0.2, 0) is 10.0 Å². The molecule has 0 aliphatic carbocycles. The molecule has 3 rings (SSSR count). The molecule has 1 N–H and O–H groups in total. The maximum Gasteiger partial charge on any atom is 0.264 e. The van der Waals surface area contributed by atoms with Gasteiger partial charge >= 0.3 is 0 Å². The lowest BCUT2D eigenvalue weighted by Crippen LogP contribution is -2.30. The summed E-state index contributed by atoms with van der Waals surface area (Å²) in [7, 11) is -3.73. The highest BCUT2D eigenvalue weighted by molar-refractivity contribution is 7.98. The van der Waals surface area contributed by atoms with Crippen molar-refractivity contribution in [2.24, 2.45) is 0 Å². The predicted octanol–water partition coefficient (Wildman–Crippen LogP) is 6.18. The van der Waals surface area contributed by atoms with E-state index in [1.807, 2.05) is 6.26 Å². The van der Waals surface area contributed by atoms with Gasteiger partial charge in [0.25, 0.3) is 15.9 Å². The minimum absolute atomic E-state index is 0.213. The van der Waals surface area contributed by atoms with E-state index in [0.29, 0.717) is 27.0 Å². The van der Waals surface area contributed by atoms with Crippen molar-refractivity contribution in [1.82, 2.24) is 0 Å². The van der Waals surface area contributed by atoms with Gasteiger partial charge in [-0.15, -0.1) is 11.8 Å². The van der Waals surface area contributed by atoms with Crippen LogP contribution in [0.15, 0.2) is 76.5 Å². The zero-order valence-corrected chi connectivity index (χ0v) is 19.9. The lowest BCUT2D eigenvalue weighted by Gasteiger charge is -2.23. The maximum absolute atomic E-state index is 13.1. The summed E-state index contributed by atoms with van der Waals surface area (Å²) in [6, 6.07) is 17.9. The van der Waals surface area contributed by atoms with E-state index in [0.717, 1.165) is 4.90 Å². The minimum atomic E-state index is -3.73. The monoisotopic (exact) mass is 494 g/mol. The van der Waals surface area contributed by atoms with Gasteiger partial charge in [0.2, 0.25) is 0 Å². The van der Waals surface area contributed by atoms with E-state index in [9.17, 15) is 13.2 Å². The third kappa shape index (κ3) is 5.36. The molecular weight excluding hydrogens is 475 g/mol. The van der Waals surface area contributed by atoms with Crippen molar-refractivity contribution in [2.45, 2.75) is 16.7 Å². The highest BCUT2D eigenvalue weighted by atomic mass is 35.5. The molecule has 0 fully saturated rings. The molecule has 162 valence electrons. The van der Waals surface area contributed by atoms with Gasteiger partial charge in [0.15, 0.2) is 0 Å². The number of rotatable bonds is 7. The summed E-state index contributed by atoms with van der Waals surface area (Å²) < 4.78 is 27.5. The second kappa shape index (κ2) is 9.96. The molecule has 0 atom stereocenters. The number of benzene rings is 3. The largest absolute Gasteiger partial charge is 0.321 e. The molecule has 1 amide bonds. The second-order valence-corrected chi connectivity index (χ2v) is 10.1. The highest BCUT2D eigenvalue weighted by Gasteiger charge is 2.23. The Hall–Kier alpha value is -2.19. The maximum atomic E-state index is 13.1. The van der Waals surface area contributed by atoms with Gasteiger partial charge in [0, 0.05) is 22.0 Å². The van der Waals surface area contributed by atoms with Crippen molar-refractivity contribution in [3.63, 3.8) is 0 Å². The third-order valence-corrected chi connectivity index (χ3v) is 7.75. The number of nitrogens with one attached hydrogen (secondary N) is 1. The van der Waals surface area contributed by atoms with Crippen molar-refractivity contribution in [2.75, 3.05) is 22.4 Å². The van der Waals surface area contributed by atoms with Gasteiger partial charge in [-0.25, -0.2) is 8.42 Å². The van der Waals surface area contributed by atoms with E-state index in [4.69, 9.17) is 23.2 Å². The van der Waals surface area contributed by atoms with Gasteiger partial charge in [-0.05, 0) is 79.9 Å². The van der Waals surface area contributed by atoms with E-state index in [1.165, 1.54) is 4.31 Å². The molecule has 0 heterocycles. The first kappa shape index (κ1) is 23.5. The molecular formula is C22H20Cl2N2O3S2. The molecule has 0 aliphatic heterocycles. The summed E-state index contributed by atoms with van der Waals surface area (Å²) >= 11 is 13.6. The second-order valence-electron chi connectivity index (χ2n) is 6.47. The van der Waals surface area contributed by atoms with Gasteiger partial charge in [-0.2, -0.15) is 0 Å². The number of sulfonamides is 1. The topological polar surface area (TPSA) is 66.5 Å². The number of carbonyl (C=O) groups excluding carboxylic acids is 1. The van der Waals surface area contributed by atoms with Crippen LogP contribution in [0.25, 0.3) is 0 Å². The number of amides is 1. The standard InChI is InChI=1S/C22H20Cl2N2O3S2/c1-3-26(31(28,29)19-11-9-18(30-2)10-12-19)17-7-4-15(5-8-17)22(27)25-21-14-16(23)6-13-20(21)24/h4-14H,3H2,1-2H3,(H,25,27). The van der Waals surface area contributed by atoms with Crippen LogP contribution in [0.1, 0.15) is 17.3 Å². The fourth-order valence-corrected chi connectivity index (χ4v) is 5.15. The predicted molar refractivity (Wildman–Crippen MR) is 129 cm³/mol. The van der Waals surface area contributed by atoms with Gasteiger partial charge in [-0.3, -0.25) is 9.10 Å². The molecule has 31 heavy (non-hydrogen) atoms. The number of hydrogen-bond donors (Lipinski definition) is 1. The molecule has 0 saturated heterocycles. The third-order valence-electron chi connectivity index (χ3n) is 4.53. The van der Waals surface area contributed by atoms with E-state index >= 15 is 0 Å². The molecule has 0 bridgehead atoms. The first-order valence-corrected chi connectivity index (χ1v) is 12.7. The van der Waals surface area contributed by atoms with Crippen molar-refractivity contribution in [1.29, 1.82) is 0 Å². The van der Waals surface area contributed by atoms with Crippen LogP contribution in [-0.4, -0.2) is 27.1 Å². The van der Waals surface area contributed by atoms with Crippen LogP contribution in [0, 0.1) is 0 Å². The van der Waals surface area contributed by atoms with Crippen LogP contribution in [0.5, 0.6) is 0 Å². The number of thioether (sulfide) groups is 1.